The Morgan fingerprint density at radius 1 is 1.47 bits per heavy atom. The Morgan fingerprint density at radius 3 is 2.53 bits per heavy atom. The van der Waals surface area contributed by atoms with Crippen LogP contribution in [0.3, 0.4) is 0 Å². The molecule has 1 heterocycles. The van der Waals surface area contributed by atoms with Crippen LogP contribution >= 0.6 is 0 Å². The summed E-state index contributed by atoms with van der Waals surface area (Å²) in [6.45, 7) is 2.09. The van der Waals surface area contributed by atoms with Gasteiger partial charge >= 0.3 is 0 Å². The maximum Gasteiger partial charge on any atom is 0.150 e. The van der Waals surface area contributed by atoms with E-state index in [9.17, 15) is 8.42 Å². The van der Waals surface area contributed by atoms with Gasteiger partial charge in [-0.3, -0.25) is 0 Å². The third-order valence-electron chi connectivity index (χ3n) is 2.88. The summed E-state index contributed by atoms with van der Waals surface area (Å²) in [5.74, 6) is 3.28. The first kappa shape index (κ1) is 12.5. The highest BCUT2D eigenvalue weighted by Crippen LogP contribution is 2.13. The molecule has 0 aromatic rings. The van der Waals surface area contributed by atoms with Crippen molar-refractivity contribution in [1.82, 2.24) is 5.32 Å². The van der Waals surface area contributed by atoms with E-state index in [-0.39, 0.29) is 0 Å². The van der Waals surface area contributed by atoms with Gasteiger partial charge in [0.2, 0.25) is 0 Å². The summed E-state index contributed by atoms with van der Waals surface area (Å²) in [6.07, 6.45) is 8.43. The number of rotatable bonds is 4. The molecule has 15 heavy (non-hydrogen) atoms. The van der Waals surface area contributed by atoms with Crippen LogP contribution in [0.1, 0.15) is 32.6 Å². The summed E-state index contributed by atoms with van der Waals surface area (Å²) in [6, 6.07) is 0.660. The van der Waals surface area contributed by atoms with Gasteiger partial charge in [0.1, 0.15) is 9.84 Å². The molecule has 4 heteroatoms. The van der Waals surface area contributed by atoms with Crippen molar-refractivity contribution in [2.24, 2.45) is 0 Å². The molecule has 0 saturated carbocycles. The second-order valence-electron chi connectivity index (χ2n) is 4.11. The Labute approximate surface area is 92.6 Å². The molecular weight excluding hydrogens is 210 g/mol. The topological polar surface area (TPSA) is 46.2 Å². The van der Waals surface area contributed by atoms with E-state index in [2.05, 4.69) is 18.2 Å². The molecule has 0 bridgehead atoms. The monoisotopic (exact) mass is 229 g/mol. The van der Waals surface area contributed by atoms with Crippen LogP contribution in [-0.4, -0.2) is 32.0 Å². The van der Waals surface area contributed by atoms with Gasteiger partial charge in [-0.1, -0.05) is 6.92 Å². The number of terminal acetylenes is 1. The molecule has 1 aliphatic rings. The zero-order chi connectivity index (χ0) is 11.3. The third-order valence-corrected chi connectivity index (χ3v) is 4.60. The predicted octanol–water partition coefficient (Wildman–Crippen LogP) is 0.955. The minimum Gasteiger partial charge on any atom is -0.310 e. The molecule has 1 atom stereocenters. The lowest BCUT2D eigenvalue weighted by atomic mass is 10.1. The second-order valence-corrected chi connectivity index (χ2v) is 6.41. The highest BCUT2D eigenvalue weighted by Gasteiger charge is 2.24. The molecule has 0 aromatic carbocycles. The molecular formula is C11H19NO2S. The highest BCUT2D eigenvalue weighted by atomic mass is 32.2. The SMILES string of the molecule is C#CCC(CC)NC1CCS(=O)(=O)CC1. The summed E-state index contributed by atoms with van der Waals surface area (Å²) in [5, 5.41) is 3.44. The van der Waals surface area contributed by atoms with Crippen molar-refractivity contribution in [3.63, 3.8) is 0 Å². The molecule has 0 spiro atoms. The van der Waals surface area contributed by atoms with Gasteiger partial charge in [0.15, 0.2) is 0 Å². The smallest absolute Gasteiger partial charge is 0.150 e. The zero-order valence-corrected chi connectivity index (χ0v) is 10.0. The van der Waals surface area contributed by atoms with Gasteiger partial charge < -0.3 is 5.32 Å². The van der Waals surface area contributed by atoms with Gasteiger partial charge in [-0.05, 0) is 19.3 Å². The Morgan fingerprint density at radius 2 is 2.07 bits per heavy atom. The Kier molecular flexibility index (Phi) is 4.62. The van der Waals surface area contributed by atoms with Crippen LogP contribution in [0.2, 0.25) is 0 Å². The average Bonchev–Trinajstić information content (AvgIpc) is 2.20. The van der Waals surface area contributed by atoms with Gasteiger partial charge in [-0.15, -0.1) is 12.3 Å². The maximum atomic E-state index is 11.2. The van der Waals surface area contributed by atoms with Crippen LogP contribution in [0.25, 0.3) is 0 Å². The van der Waals surface area contributed by atoms with Crippen molar-refractivity contribution in [3.8, 4) is 12.3 Å². The van der Waals surface area contributed by atoms with E-state index in [1.165, 1.54) is 0 Å². The molecule has 1 saturated heterocycles. The number of nitrogens with one attached hydrogen (secondary N) is 1. The van der Waals surface area contributed by atoms with Gasteiger partial charge in [0.05, 0.1) is 11.5 Å². The van der Waals surface area contributed by atoms with Crippen molar-refractivity contribution in [3.05, 3.63) is 0 Å². The standard InChI is InChI=1S/C11H19NO2S/c1-3-5-10(4-2)12-11-6-8-15(13,14)9-7-11/h1,10-12H,4-9H2,2H3. The lowest BCUT2D eigenvalue weighted by Crippen LogP contribution is -2.42. The van der Waals surface area contributed by atoms with Crippen LogP contribution < -0.4 is 5.32 Å². The van der Waals surface area contributed by atoms with Crippen molar-refractivity contribution in [2.45, 2.75) is 44.7 Å². The number of hydrogen-bond acceptors (Lipinski definition) is 3. The first-order valence-electron chi connectivity index (χ1n) is 5.47. The fourth-order valence-electron chi connectivity index (χ4n) is 1.85. The molecule has 0 aliphatic carbocycles. The van der Waals surface area contributed by atoms with Crippen LogP contribution in [0.4, 0.5) is 0 Å². The molecule has 1 aliphatic heterocycles. The molecule has 1 rings (SSSR count). The van der Waals surface area contributed by atoms with Crippen LogP contribution in [0, 0.1) is 12.3 Å². The van der Waals surface area contributed by atoms with Crippen LogP contribution in [-0.2, 0) is 9.84 Å². The number of hydrogen-bond donors (Lipinski definition) is 1. The number of sulfone groups is 1. The van der Waals surface area contributed by atoms with Crippen molar-refractivity contribution >= 4 is 9.84 Å². The first-order chi connectivity index (χ1) is 7.07. The average molecular weight is 229 g/mol. The quantitative estimate of drug-likeness (QED) is 0.730. The molecule has 1 fully saturated rings. The van der Waals surface area contributed by atoms with E-state index < -0.39 is 9.84 Å². The summed E-state index contributed by atoms with van der Waals surface area (Å²) in [7, 11) is -2.75. The third kappa shape index (κ3) is 4.23. The van der Waals surface area contributed by atoms with E-state index >= 15 is 0 Å². The van der Waals surface area contributed by atoms with Crippen LogP contribution in [0.15, 0.2) is 0 Å². The fraction of sp³-hybridized carbons (Fsp3) is 0.818. The highest BCUT2D eigenvalue weighted by molar-refractivity contribution is 7.91. The van der Waals surface area contributed by atoms with Gasteiger partial charge in [-0.25, -0.2) is 8.42 Å². The summed E-state index contributed by atoms with van der Waals surface area (Å²) >= 11 is 0. The van der Waals surface area contributed by atoms with Crippen molar-refractivity contribution in [1.29, 1.82) is 0 Å². The zero-order valence-electron chi connectivity index (χ0n) is 9.20. The molecule has 1 N–H and O–H groups in total. The lowest BCUT2D eigenvalue weighted by molar-refractivity contribution is 0.394. The van der Waals surface area contributed by atoms with E-state index in [4.69, 9.17) is 6.42 Å². The minimum absolute atomic E-state index is 0.317. The van der Waals surface area contributed by atoms with Crippen molar-refractivity contribution < 1.29 is 8.42 Å². The molecule has 86 valence electrons. The van der Waals surface area contributed by atoms with Gasteiger partial charge in [0, 0.05) is 18.5 Å². The van der Waals surface area contributed by atoms with E-state index in [0.29, 0.717) is 23.6 Å². The minimum atomic E-state index is -2.75. The predicted molar refractivity (Wildman–Crippen MR) is 62.3 cm³/mol. The van der Waals surface area contributed by atoms with Gasteiger partial charge in [-0.2, -0.15) is 0 Å². The van der Waals surface area contributed by atoms with E-state index in [1.54, 1.807) is 0 Å². The lowest BCUT2D eigenvalue weighted by Gasteiger charge is -2.27. The van der Waals surface area contributed by atoms with Crippen LogP contribution in [0.5, 0.6) is 0 Å². The van der Waals surface area contributed by atoms with Crippen molar-refractivity contribution in [2.75, 3.05) is 11.5 Å². The van der Waals surface area contributed by atoms with E-state index in [0.717, 1.165) is 25.7 Å². The molecule has 0 radical (unpaired) electrons. The Hall–Kier alpha value is -0.530. The maximum absolute atomic E-state index is 11.2. The van der Waals surface area contributed by atoms with E-state index in [1.807, 2.05) is 0 Å². The Balaban J connectivity index is 2.38. The molecule has 0 aromatic heterocycles. The summed E-state index contributed by atoms with van der Waals surface area (Å²) < 4.78 is 22.4. The largest absolute Gasteiger partial charge is 0.310 e. The molecule has 3 nitrogen and oxygen atoms in total. The second kappa shape index (κ2) is 5.53. The normalized spacial score (nSPS) is 23.2. The molecule has 1 unspecified atom stereocenters. The summed E-state index contributed by atoms with van der Waals surface area (Å²) in [4.78, 5) is 0. The van der Waals surface area contributed by atoms with Gasteiger partial charge in [0.25, 0.3) is 0 Å². The fourth-order valence-corrected chi connectivity index (χ4v) is 3.34. The molecule has 0 amide bonds. The summed E-state index contributed by atoms with van der Waals surface area (Å²) in [5.41, 5.74) is 0. The Bertz CT molecular complexity index is 315. The first-order valence-corrected chi connectivity index (χ1v) is 7.29.